The van der Waals surface area contributed by atoms with Crippen LogP contribution in [0.3, 0.4) is 0 Å². The monoisotopic (exact) mass is 229 g/mol. The Hall–Kier alpha value is -1.24. The summed E-state index contributed by atoms with van der Waals surface area (Å²) in [5.74, 6) is 0. The Morgan fingerprint density at radius 3 is 1.94 bits per heavy atom. The minimum absolute atomic E-state index is 0.0614. The Labute approximate surface area is 105 Å². The van der Waals surface area contributed by atoms with Crippen LogP contribution < -0.4 is 5.32 Å². The molecule has 1 heteroatoms. The first kappa shape index (κ1) is 12.2. The summed E-state index contributed by atoms with van der Waals surface area (Å²) in [7, 11) is 0. The van der Waals surface area contributed by atoms with Gasteiger partial charge in [0, 0.05) is 11.3 Å². The molecule has 0 unspecified atom stereocenters. The first-order valence-electron chi connectivity index (χ1n) is 6.33. The number of hydrogen-bond acceptors (Lipinski definition) is 1. The van der Waals surface area contributed by atoms with Crippen LogP contribution in [0.25, 0.3) is 6.08 Å². The van der Waals surface area contributed by atoms with E-state index in [4.69, 9.17) is 0 Å². The molecule has 0 saturated heterocycles. The average molecular weight is 229 g/mol. The second-order valence-electron chi connectivity index (χ2n) is 5.87. The lowest BCUT2D eigenvalue weighted by atomic mass is 9.83. The predicted molar refractivity (Wildman–Crippen MR) is 76.7 cm³/mol. The number of fused-ring (bicyclic) bond motifs is 1. The third-order valence-electron chi connectivity index (χ3n) is 4.52. The summed E-state index contributed by atoms with van der Waals surface area (Å²) in [6.07, 6.45) is 2.35. The van der Waals surface area contributed by atoms with E-state index < -0.39 is 0 Å². The van der Waals surface area contributed by atoms with Crippen molar-refractivity contribution in [2.45, 2.75) is 54.0 Å². The van der Waals surface area contributed by atoms with Crippen molar-refractivity contribution in [1.82, 2.24) is 0 Å². The standard InChI is InChI=1S/C16H23N/c1-9-8-14-12(4)10(2)11(3)13(5)15(14)17-16(9,6)7/h8,17H,1-7H3. The van der Waals surface area contributed by atoms with Crippen molar-refractivity contribution in [3.8, 4) is 0 Å². The SMILES string of the molecule is CC1=Cc2c(C)c(C)c(C)c(C)c2NC1(C)C. The molecule has 1 aliphatic heterocycles. The molecule has 0 bridgehead atoms. The van der Waals surface area contributed by atoms with Crippen LogP contribution in [-0.4, -0.2) is 5.54 Å². The number of rotatable bonds is 0. The Morgan fingerprint density at radius 1 is 0.824 bits per heavy atom. The zero-order valence-corrected chi connectivity index (χ0v) is 12.1. The lowest BCUT2D eigenvalue weighted by molar-refractivity contribution is 0.663. The smallest absolute Gasteiger partial charge is 0.0530 e. The maximum Gasteiger partial charge on any atom is 0.0530 e. The zero-order valence-electron chi connectivity index (χ0n) is 12.1. The van der Waals surface area contributed by atoms with Crippen LogP contribution in [0, 0.1) is 27.7 Å². The van der Waals surface area contributed by atoms with E-state index in [0.717, 1.165) is 0 Å². The highest BCUT2D eigenvalue weighted by molar-refractivity contribution is 5.81. The van der Waals surface area contributed by atoms with Crippen LogP contribution in [0.5, 0.6) is 0 Å². The molecule has 0 atom stereocenters. The lowest BCUT2D eigenvalue weighted by Gasteiger charge is -2.36. The second-order valence-corrected chi connectivity index (χ2v) is 5.87. The molecule has 0 aromatic heterocycles. The molecule has 1 aromatic carbocycles. The largest absolute Gasteiger partial charge is 0.376 e. The molecule has 0 spiro atoms. The van der Waals surface area contributed by atoms with Crippen LogP contribution >= 0.6 is 0 Å². The quantitative estimate of drug-likeness (QED) is 0.689. The molecule has 1 aliphatic rings. The molecule has 0 aliphatic carbocycles. The summed E-state index contributed by atoms with van der Waals surface area (Å²) < 4.78 is 0. The molecule has 1 N–H and O–H groups in total. The maximum atomic E-state index is 3.69. The summed E-state index contributed by atoms with van der Waals surface area (Å²) in [4.78, 5) is 0. The molecule has 92 valence electrons. The molecule has 1 aromatic rings. The Bertz CT molecular complexity index is 519. The maximum absolute atomic E-state index is 3.69. The van der Waals surface area contributed by atoms with Crippen LogP contribution in [0.15, 0.2) is 5.57 Å². The fourth-order valence-corrected chi connectivity index (χ4v) is 2.49. The van der Waals surface area contributed by atoms with Gasteiger partial charge in [-0.3, -0.25) is 0 Å². The van der Waals surface area contributed by atoms with Gasteiger partial charge in [-0.15, -0.1) is 0 Å². The molecule has 0 radical (unpaired) electrons. The van der Waals surface area contributed by atoms with Gasteiger partial charge < -0.3 is 5.32 Å². The summed E-state index contributed by atoms with van der Waals surface area (Å²) in [6, 6.07) is 0. The van der Waals surface area contributed by atoms with E-state index in [1.54, 1.807) is 0 Å². The van der Waals surface area contributed by atoms with Crippen molar-refractivity contribution in [2.24, 2.45) is 0 Å². The van der Waals surface area contributed by atoms with E-state index in [-0.39, 0.29) is 5.54 Å². The van der Waals surface area contributed by atoms with Crippen LogP contribution in [0.4, 0.5) is 5.69 Å². The minimum atomic E-state index is 0.0614. The first-order valence-corrected chi connectivity index (χ1v) is 6.33. The van der Waals surface area contributed by atoms with Gasteiger partial charge in [0.15, 0.2) is 0 Å². The summed E-state index contributed by atoms with van der Waals surface area (Å²) >= 11 is 0. The average Bonchev–Trinajstić information content (AvgIpc) is 2.26. The molecule has 0 fully saturated rings. The highest BCUT2D eigenvalue weighted by Crippen LogP contribution is 2.39. The molecular formula is C16H23N. The van der Waals surface area contributed by atoms with Gasteiger partial charge in [0.25, 0.3) is 0 Å². The zero-order chi connectivity index (χ0) is 13.0. The van der Waals surface area contributed by atoms with Gasteiger partial charge in [-0.05, 0) is 76.3 Å². The van der Waals surface area contributed by atoms with Gasteiger partial charge in [-0.1, -0.05) is 6.08 Å². The molecule has 0 saturated carbocycles. The fraction of sp³-hybridized carbons (Fsp3) is 0.500. The van der Waals surface area contributed by atoms with Gasteiger partial charge in [0.05, 0.1) is 5.54 Å². The van der Waals surface area contributed by atoms with Crippen molar-refractivity contribution < 1.29 is 0 Å². The summed E-state index contributed by atoms with van der Waals surface area (Å²) in [6.45, 7) is 15.6. The van der Waals surface area contributed by atoms with Crippen molar-refractivity contribution in [2.75, 3.05) is 5.32 Å². The number of benzene rings is 1. The van der Waals surface area contributed by atoms with Gasteiger partial charge in [0.1, 0.15) is 0 Å². The van der Waals surface area contributed by atoms with E-state index in [9.17, 15) is 0 Å². The predicted octanol–water partition coefficient (Wildman–Crippen LogP) is 4.53. The van der Waals surface area contributed by atoms with Crippen LogP contribution in [0.2, 0.25) is 0 Å². The normalized spacial score (nSPS) is 17.2. The Morgan fingerprint density at radius 2 is 1.35 bits per heavy atom. The van der Waals surface area contributed by atoms with Crippen molar-refractivity contribution >= 4 is 11.8 Å². The highest BCUT2D eigenvalue weighted by Gasteiger charge is 2.27. The molecule has 17 heavy (non-hydrogen) atoms. The van der Waals surface area contributed by atoms with Crippen molar-refractivity contribution in [3.63, 3.8) is 0 Å². The highest BCUT2D eigenvalue weighted by atomic mass is 15.0. The van der Waals surface area contributed by atoms with Gasteiger partial charge in [-0.2, -0.15) is 0 Å². The summed E-state index contributed by atoms with van der Waals surface area (Å²) in [5, 5.41) is 3.69. The van der Waals surface area contributed by atoms with Crippen LogP contribution in [-0.2, 0) is 0 Å². The summed E-state index contributed by atoms with van der Waals surface area (Å²) in [5.41, 5.74) is 9.79. The lowest BCUT2D eigenvalue weighted by Crippen LogP contribution is -2.35. The van der Waals surface area contributed by atoms with Crippen molar-refractivity contribution in [3.05, 3.63) is 33.4 Å². The van der Waals surface area contributed by atoms with Gasteiger partial charge >= 0.3 is 0 Å². The number of anilines is 1. The third-order valence-corrected chi connectivity index (χ3v) is 4.52. The van der Waals surface area contributed by atoms with Crippen molar-refractivity contribution in [1.29, 1.82) is 0 Å². The van der Waals surface area contributed by atoms with E-state index >= 15 is 0 Å². The molecule has 1 nitrogen and oxygen atoms in total. The second kappa shape index (κ2) is 3.63. The van der Waals surface area contributed by atoms with E-state index in [2.05, 4.69) is 59.9 Å². The minimum Gasteiger partial charge on any atom is -0.376 e. The van der Waals surface area contributed by atoms with E-state index in [0.29, 0.717) is 0 Å². The van der Waals surface area contributed by atoms with Gasteiger partial charge in [-0.25, -0.2) is 0 Å². The topological polar surface area (TPSA) is 12.0 Å². The Balaban J connectivity index is 2.78. The molecular weight excluding hydrogens is 206 g/mol. The van der Waals surface area contributed by atoms with E-state index in [1.807, 2.05) is 0 Å². The molecule has 0 amide bonds. The molecule has 1 heterocycles. The first-order chi connectivity index (χ1) is 7.75. The van der Waals surface area contributed by atoms with Gasteiger partial charge in [0.2, 0.25) is 0 Å². The number of hydrogen-bond donors (Lipinski definition) is 1. The molecule has 2 rings (SSSR count). The van der Waals surface area contributed by atoms with Crippen LogP contribution in [0.1, 0.15) is 48.6 Å². The van der Waals surface area contributed by atoms with E-state index in [1.165, 1.54) is 39.1 Å². The third kappa shape index (κ3) is 1.69. The fourth-order valence-electron chi connectivity index (χ4n) is 2.49. The Kier molecular flexibility index (Phi) is 2.61. The number of nitrogens with one attached hydrogen (secondary N) is 1.